The number of aliphatic hydroxyl groups is 1. The Labute approximate surface area is 143 Å². The van der Waals surface area contributed by atoms with Crippen LogP contribution < -0.4 is 0 Å². The second kappa shape index (κ2) is 6.07. The van der Waals surface area contributed by atoms with E-state index in [1.54, 1.807) is 12.5 Å². The van der Waals surface area contributed by atoms with Crippen molar-refractivity contribution in [1.82, 2.24) is 0 Å². The summed E-state index contributed by atoms with van der Waals surface area (Å²) in [6, 6.07) is 1.96. The maximum Gasteiger partial charge on any atom is 0.309 e. The third kappa shape index (κ3) is 2.61. The van der Waals surface area contributed by atoms with Crippen LogP contribution in [0.5, 0.6) is 0 Å². The summed E-state index contributed by atoms with van der Waals surface area (Å²) >= 11 is 0. The lowest BCUT2D eigenvalue weighted by Gasteiger charge is -2.58. The van der Waals surface area contributed by atoms with Crippen LogP contribution in [0.25, 0.3) is 0 Å². The molecule has 2 saturated carbocycles. The van der Waals surface area contributed by atoms with Gasteiger partial charge in [0.25, 0.3) is 0 Å². The molecule has 1 heterocycles. The van der Waals surface area contributed by atoms with Crippen LogP contribution in [-0.2, 0) is 11.2 Å². The summed E-state index contributed by atoms with van der Waals surface area (Å²) in [6.07, 6.45) is 7.68. The molecular formula is C20H28O4. The molecular weight excluding hydrogens is 304 g/mol. The molecule has 4 heteroatoms. The average Bonchev–Trinajstić information content (AvgIpc) is 3.03. The Morgan fingerprint density at radius 3 is 2.79 bits per heavy atom. The normalized spacial score (nSPS) is 39.5. The van der Waals surface area contributed by atoms with E-state index in [2.05, 4.69) is 13.5 Å². The van der Waals surface area contributed by atoms with Gasteiger partial charge in [-0.1, -0.05) is 19.9 Å². The lowest BCUT2D eigenvalue weighted by Crippen LogP contribution is -2.56. The Balaban J connectivity index is 1.91. The highest BCUT2D eigenvalue weighted by Crippen LogP contribution is 2.61. The molecule has 1 aromatic heterocycles. The van der Waals surface area contributed by atoms with Gasteiger partial charge in [-0.15, -0.1) is 0 Å². The van der Waals surface area contributed by atoms with E-state index in [1.807, 2.05) is 13.0 Å². The van der Waals surface area contributed by atoms with Gasteiger partial charge in [0.1, 0.15) is 0 Å². The lowest BCUT2D eigenvalue weighted by atomic mass is 9.46. The number of hydrogen-bond donors (Lipinski definition) is 2. The first-order valence-electron chi connectivity index (χ1n) is 8.90. The Morgan fingerprint density at radius 1 is 1.42 bits per heavy atom. The van der Waals surface area contributed by atoms with Crippen LogP contribution in [0.2, 0.25) is 0 Å². The molecule has 0 bridgehead atoms. The highest BCUT2D eigenvalue weighted by Gasteiger charge is 2.59. The molecule has 0 spiro atoms. The molecule has 0 saturated heterocycles. The quantitative estimate of drug-likeness (QED) is 0.816. The molecule has 2 N–H and O–H groups in total. The van der Waals surface area contributed by atoms with Gasteiger partial charge in [0.05, 0.1) is 24.0 Å². The number of aliphatic carboxylic acids is 1. The van der Waals surface area contributed by atoms with Crippen molar-refractivity contribution in [2.75, 3.05) is 0 Å². The minimum atomic E-state index is -0.761. The van der Waals surface area contributed by atoms with Crippen LogP contribution in [0, 0.1) is 22.7 Å². The van der Waals surface area contributed by atoms with Crippen LogP contribution in [0.15, 0.2) is 35.2 Å². The van der Waals surface area contributed by atoms with E-state index in [-0.39, 0.29) is 17.3 Å². The molecule has 2 fully saturated rings. The van der Waals surface area contributed by atoms with Gasteiger partial charge in [-0.25, -0.2) is 0 Å². The topological polar surface area (TPSA) is 70.7 Å². The molecule has 24 heavy (non-hydrogen) atoms. The Kier molecular flexibility index (Phi) is 4.37. The zero-order valence-corrected chi connectivity index (χ0v) is 14.6. The average molecular weight is 332 g/mol. The van der Waals surface area contributed by atoms with Gasteiger partial charge in [0.15, 0.2) is 0 Å². The predicted octanol–water partition coefficient (Wildman–Crippen LogP) is 4.05. The summed E-state index contributed by atoms with van der Waals surface area (Å²) in [5, 5.41) is 20.4. The van der Waals surface area contributed by atoms with Crippen molar-refractivity contribution in [2.24, 2.45) is 22.7 Å². The highest BCUT2D eigenvalue weighted by molar-refractivity contribution is 5.75. The summed E-state index contributed by atoms with van der Waals surface area (Å²) in [6.45, 7) is 8.27. The maximum absolute atomic E-state index is 12.0. The van der Waals surface area contributed by atoms with Crippen LogP contribution in [0.4, 0.5) is 0 Å². The molecule has 132 valence electrons. The van der Waals surface area contributed by atoms with Crippen molar-refractivity contribution >= 4 is 5.97 Å². The van der Waals surface area contributed by atoms with E-state index in [4.69, 9.17) is 4.42 Å². The molecule has 0 amide bonds. The van der Waals surface area contributed by atoms with E-state index < -0.39 is 17.5 Å². The Morgan fingerprint density at radius 2 is 2.17 bits per heavy atom. The minimum Gasteiger partial charge on any atom is -0.481 e. The molecule has 0 radical (unpaired) electrons. The van der Waals surface area contributed by atoms with E-state index in [0.717, 1.165) is 36.8 Å². The van der Waals surface area contributed by atoms with Crippen molar-refractivity contribution in [3.8, 4) is 0 Å². The summed E-state index contributed by atoms with van der Waals surface area (Å²) in [5.74, 6) is -0.613. The zero-order chi connectivity index (χ0) is 17.5. The lowest BCUT2D eigenvalue weighted by molar-refractivity contribution is -0.167. The van der Waals surface area contributed by atoms with Crippen molar-refractivity contribution < 1.29 is 19.4 Å². The minimum absolute atomic E-state index is 0.0221. The van der Waals surface area contributed by atoms with Gasteiger partial charge in [-0.3, -0.25) is 4.79 Å². The van der Waals surface area contributed by atoms with Crippen LogP contribution in [0.1, 0.15) is 51.5 Å². The number of carbonyl (C=O) groups is 1. The number of furan rings is 1. The Hall–Kier alpha value is -1.55. The number of fused-ring (bicyclic) bond motifs is 1. The molecule has 2 aliphatic carbocycles. The van der Waals surface area contributed by atoms with E-state index in [1.165, 1.54) is 0 Å². The van der Waals surface area contributed by atoms with Crippen molar-refractivity contribution in [2.45, 2.75) is 58.5 Å². The number of carboxylic acids is 1. The number of rotatable bonds is 4. The maximum atomic E-state index is 12.0. The zero-order valence-electron chi connectivity index (χ0n) is 14.6. The Bertz CT molecular complexity index is 620. The standard InChI is InChI=1S/C20H28O4/c1-13-15(6-5-14-7-10-24-12-14)19(2)8-4-9-20(3,18(22)23)17(19)11-16(13)21/h7,10,12,15-17,21H,1,4-6,8-9,11H2,2-3H3,(H,22,23). The van der Waals surface area contributed by atoms with E-state index in [0.29, 0.717) is 12.8 Å². The fraction of sp³-hybridized carbons (Fsp3) is 0.650. The summed E-state index contributed by atoms with van der Waals surface area (Å²) in [5.41, 5.74) is 1.14. The number of aliphatic hydroxyl groups excluding tert-OH is 1. The molecule has 3 rings (SSSR count). The van der Waals surface area contributed by atoms with Crippen LogP contribution in [0.3, 0.4) is 0 Å². The summed E-state index contributed by atoms with van der Waals surface area (Å²) in [4.78, 5) is 12.0. The number of hydrogen-bond acceptors (Lipinski definition) is 3. The molecule has 1 aromatic rings. The highest BCUT2D eigenvalue weighted by atomic mass is 16.4. The smallest absolute Gasteiger partial charge is 0.309 e. The SMILES string of the molecule is C=C1C(O)CC2C(C)(C(=O)O)CCCC2(C)C1CCc1ccoc1. The molecule has 5 atom stereocenters. The van der Waals surface area contributed by atoms with Crippen molar-refractivity contribution in [3.63, 3.8) is 0 Å². The van der Waals surface area contributed by atoms with Gasteiger partial charge in [-0.05, 0) is 73.5 Å². The first-order valence-corrected chi connectivity index (χ1v) is 8.90. The molecule has 5 unspecified atom stereocenters. The van der Waals surface area contributed by atoms with E-state index in [9.17, 15) is 15.0 Å². The largest absolute Gasteiger partial charge is 0.481 e. The van der Waals surface area contributed by atoms with Crippen molar-refractivity contribution in [1.29, 1.82) is 0 Å². The second-order valence-corrected chi connectivity index (χ2v) is 8.18. The van der Waals surface area contributed by atoms with Crippen molar-refractivity contribution in [3.05, 3.63) is 36.3 Å². The van der Waals surface area contributed by atoms with E-state index >= 15 is 0 Å². The van der Waals surface area contributed by atoms with Crippen LogP contribution in [-0.4, -0.2) is 22.3 Å². The monoisotopic (exact) mass is 332 g/mol. The molecule has 0 aromatic carbocycles. The van der Waals surface area contributed by atoms with Gasteiger partial charge in [0, 0.05) is 0 Å². The van der Waals surface area contributed by atoms with Gasteiger partial charge in [-0.2, -0.15) is 0 Å². The number of aryl methyl sites for hydroxylation is 1. The summed E-state index contributed by atoms with van der Waals surface area (Å²) < 4.78 is 5.15. The van der Waals surface area contributed by atoms with Gasteiger partial charge in [0.2, 0.25) is 0 Å². The second-order valence-electron chi connectivity index (χ2n) is 8.18. The first kappa shape index (κ1) is 17.3. The molecule has 2 aliphatic rings. The molecule has 0 aliphatic heterocycles. The number of carboxylic acid groups (broad SMARTS) is 1. The molecule has 4 nitrogen and oxygen atoms in total. The van der Waals surface area contributed by atoms with Crippen LogP contribution >= 0.6 is 0 Å². The first-order chi connectivity index (χ1) is 11.3. The third-order valence-corrected chi connectivity index (χ3v) is 6.90. The van der Waals surface area contributed by atoms with Gasteiger partial charge >= 0.3 is 5.97 Å². The summed E-state index contributed by atoms with van der Waals surface area (Å²) in [7, 11) is 0. The van der Waals surface area contributed by atoms with Gasteiger partial charge < -0.3 is 14.6 Å². The third-order valence-electron chi connectivity index (χ3n) is 6.90. The predicted molar refractivity (Wildman–Crippen MR) is 91.5 cm³/mol. The fourth-order valence-electron chi connectivity index (χ4n) is 5.41. The fourth-order valence-corrected chi connectivity index (χ4v) is 5.41.